The molecule has 0 bridgehead atoms. The van der Waals surface area contributed by atoms with E-state index >= 15 is 0 Å². The number of nitrogens with zero attached hydrogens (tertiary/aromatic N) is 1. The highest BCUT2D eigenvalue weighted by Crippen LogP contribution is 2.20. The van der Waals surface area contributed by atoms with E-state index in [2.05, 4.69) is 52.8 Å². The monoisotopic (exact) mass is 287 g/mol. The summed E-state index contributed by atoms with van der Waals surface area (Å²) in [7, 11) is 0. The third-order valence-corrected chi connectivity index (χ3v) is 4.66. The van der Waals surface area contributed by atoms with E-state index < -0.39 is 0 Å². The van der Waals surface area contributed by atoms with Crippen molar-refractivity contribution in [2.24, 2.45) is 0 Å². The summed E-state index contributed by atoms with van der Waals surface area (Å²) in [6, 6.07) is 11.4. The summed E-state index contributed by atoms with van der Waals surface area (Å²) in [6.07, 6.45) is 3.13. The number of nitrogens with one attached hydrogen (secondary N) is 2. The highest BCUT2D eigenvalue weighted by Gasteiger charge is 2.32. The predicted molar refractivity (Wildman–Crippen MR) is 83.9 cm³/mol. The van der Waals surface area contributed by atoms with E-state index in [0.717, 1.165) is 38.9 Å². The summed E-state index contributed by atoms with van der Waals surface area (Å²) in [6.45, 7) is 5.15. The largest absolute Gasteiger partial charge is 0.351 e. The van der Waals surface area contributed by atoms with Gasteiger partial charge in [-0.05, 0) is 38.3 Å². The Bertz CT molecular complexity index is 470. The topological polar surface area (TPSA) is 44.4 Å². The van der Waals surface area contributed by atoms with Crippen LogP contribution in [-0.4, -0.2) is 42.0 Å². The van der Waals surface area contributed by atoms with Crippen LogP contribution in [0.15, 0.2) is 30.3 Å². The first-order chi connectivity index (χ1) is 10.2. The van der Waals surface area contributed by atoms with E-state index in [1.165, 1.54) is 5.56 Å². The summed E-state index contributed by atoms with van der Waals surface area (Å²) in [4.78, 5) is 14.6. The van der Waals surface area contributed by atoms with Crippen LogP contribution >= 0.6 is 0 Å². The smallest absolute Gasteiger partial charge is 0.237 e. The number of rotatable bonds is 4. The van der Waals surface area contributed by atoms with Crippen molar-refractivity contribution in [3.05, 3.63) is 35.9 Å². The van der Waals surface area contributed by atoms with Gasteiger partial charge in [-0.25, -0.2) is 0 Å². The average Bonchev–Trinajstić information content (AvgIpc) is 3.11. The quantitative estimate of drug-likeness (QED) is 0.882. The van der Waals surface area contributed by atoms with Gasteiger partial charge < -0.3 is 10.6 Å². The second-order valence-corrected chi connectivity index (χ2v) is 6.35. The lowest BCUT2D eigenvalue weighted by atomic mass is 10.1. The lowest BCUT2D eigenvalue weighted by Crippen LogP contribution is -2.46. The molecule has 2 saturated heterocycles. The fraction of sp³-hybridized carbons (Fsp3) is 0.588. The van der Waals surface area contributed by atoms with E-state index in [1.807, 2.05) is 0 Å². The Balaban J connectivity index is 1.52. The van der Waals surface area contributed by atoms with Crippen LogP contribution < -0.4 is 10.6 Å². The Morgan fingerprint density at radius 2 is 2.19 bits per heavy atom. The van der Waals surface area contributed by atoms with Crippen LogP contribution in [0.25, 0.3) is 0 Å². The summed E-state index contributed by atoms with van der Waals surface area (Å²) in [5, 5.41) is 6.49. The standard InChI is InChI=1S/C17H25N3O/c1-13-10-15(19-17(21)16-8-5-9-18-16)12-20(13)11-14-6-3-2-4-7-14/h2-4,6-7,13,15-16,18H,5,8-12H2,1H3,(H,19,21)/t13?,15?,16-/m0/s1. The summed E-state index contributed by atoms with van der Waals surface area (Å²) in [5.41, 5.74) is 1.34. The number of hydrogen-bond acceptors (Lipinski definition) is 3. The molecule has 2 heterocycles. The molecule has 1 aromatic rings. The predicted octanol–water partition coefficient (Wildman–Crippen LogP) is 1.52. The van der Waals surface area contributed by atoms with Crippen molar-refractivity contribution in [2.75, 3.05) is 13.1 Å². The molecule has 4 heteroatoms. The highest BCUT2D eigenvalue weighted by molar-refractivity contribution is 5.82. The van der Waals surface area contributed by atoms with Gasteiger partial charge in [0.2, 0.25) is 5.91 Å². The normalized spacial score (nSPS) is 29.7. The van der Waals surface area contributed by atoms with Crippen LogP contribution in [-0.2, 0) is 11.3 Å². The maximum Gasteiger partial charge on any atom is 0.237 e. The van der Waals surface area contributed by atoms with Gasteiger partial charge in [-0.15, -0.1) is 0 Å². The molecular formula is C17H25N3O. The Morgan fingerprint density at radius 1 is 1.38 bits per heavy atom. The third kappa shape index (κ3) is 3.63. The van der Waals surface area contributed by atoms with Gasteiger partial charge in [0.25, 0.3) is 0 Å². The number of carbonyl (C=O) groups is 1. The Hall–Kier alpha value is -1.39. The first-order valence-electron chi connectivity index (χ1n) is 8.04. The Kier molecular flexibility index (Phi) is 4.56. The molecule has 2 N–H and O–H groups in total. The van der Waals surface area contributed by atoms with E-state index in [1.54, 1.807) is 0 Å². The molecule has 2 aliphatic heterocycles. The molecule has 3 rings (SSSR count). The van der Waals surface area contributed by atoms with Gasteiger partial charge in [-0.3, -0.25) is 9.69 Å². The van der Waals surface area contributed by atoms with Crippen LogP contribution in [0.4, 0.5) is 0 Å². The molecule has 0 spiro atoms. The lowest BCUT2D eigenvalue weighted by molar-refractivity contribution is -0.123. The lowest BCUT2D eigenvalue weighted by Gasteiger charge is -2.21. The molecule has 114 valence electrons. The first-order valence-corrected chi connectivity index (χ1v) is 8.04. The van der Waals surface area contributed by atoms with E-state index in [0.29, 0.717) is 12.1 Å². The maximum absolute atomic E-state index is 12.2. The molecular weight excluding hydrogens is 262 g/mol. The van der Waals surface area contributed by atoms with Gasteiger partial charge >= 0.3 is 0 Å². The van der Waals surface area contributed by atoms with Crippen molar-refractivity contribution in [1.82, 2.24) is 15.5 Å². The molecule has 21 heavy (non-hydrogen) atoms. The highest BCUT2D eigenvalue weighted by atomic mass is 16.2. The van der Waals surface area contributed by atoms with Gasteiger partial charge in [-0.1, -0.05) is 30.3 Å². The minimum atomic E-state index is 0.0310. The fourth-order valence-corrected chi connectivity index (χ4v) is 3.45. The summed E-state index contributed by atoms with van der Waals surface area (Å²) < 4.78 is 0. The van der Waals surface area contributed by atoms with E-state index in [4.69, 9.17) is 0 Å². The van der Waals surface area contributed by atoms with E-state index in [9.17, 15) is 4.79 Å². The maximum atomic E-state index is 12.2. The van der Waals surface area contributed by atoms with Crippen molar-refractivity contribution >= 4 is 5.91 Å². The number of carbonyl (C=O) groups excluding carboxylic acids is 1. The van der Waals surface area contributed by atoms with Crippen molar-refractivity contribution in [1.29, 1.82) is 0 Å². The SMILES string of the molecule is CC1CC(NC(=O)[C@@H]2CCCN2)CN1Cc1ccccc1. The number of benzene rings is 1. The second-order valence-electron chi connectivity index (χ2n) is 6.35. The molecule has 1 aromatic carbocycles. The minimum Gasteiger partial charge on any atom is -0.351 e. The number of hydrogen-bond donors (Lipinski definition) is 2. The van der Waals surface area contributed by atoms with Crippen LogP contribution in [0.5, 0.6) is 0 Å². The molecule has 2 unspecified atom stereocenters. The van der Waals surface area contributed by atoms with Crippen molar-refractivity contribution < 1.29 is 4.79 Å². The Labute approximate surface area is 126 Å². The molecule has 4 nitrogen and oxygen atoms in total. The van der Waals surface area contributed by atoms with Crippen LogP contribution in [0.2, 0.25) is 0 Å². The number of amides is 1. The van der Waals surface area contributed by atoms with Crippen molar-refractivity contribution in [2.45, 2.75) is 50.9 Å². The van der Waals surface area contributed by atoms with Crippen molar-refractivity contribution in [3.8, 4) is 0 Å². The zero-order chi connectivity index (χ0) is 14.7. The second kappa shape index (κ2) is 6.58. The van der Waals surface area contributed by atoms with Gasteiger partial charge in [0.05, 0.1) is 6.04 Å². The fourth-order valence-electron chi connectivity index (χ4n) is 3.45. The molecule has 2 fully saturated rings. The molecule has 0 radical (unpaired) electrons. The average molecular weight is 287 g/mol. The van der Waals surface area contributed by atoms with Gasteiger partial charge in [0.1, 0.15) is 0 Å². The molecule has 3 atom stereocenters. The molecule has 0 saturated carbocycles. The Morgan fingerprint density at radius 3 is 2.90 bits per heavy atom. The van der Waals surface area contributed by atoms with Crippen LogP contribution in [0, 0.1) is 0 Å². The molecule has 2 aliphatic rings. The van der Waals surface area contributed by atoms with Gasteiger partial charge in [0, 0.05) is 25.2 Å². The van der Waals surface area contributed by atoms with Crippen LogP contribution in [0.3, 0.4) is 0 Å². The first kappa shape index (κ1) is 14.5. The molecule has 0 aromatic heterocycles. The zero-order valence-corrected chi connectivity index (χ0v) is 12.7. The third-order valence-electron chi connectivity index (χ3n) is 4.66. The number of likely N-dealkylation sites (tertiary alicyclic amines) is 1. The van der Waals surface area contributed by atoms with Gasteiger partial charge in [-0.2, -0.15) is 0 Å². The van der Waals surface area contributed by atoms with E-state index in [-0.39, 0.29) is 11.9 Å². The van der Waals surface area contributed by atoms with Gasteiger partial charge in [0.15, 0.2) is 0 Å². The van der Waals surface area contributed by atoms with Crippen molar-refractivity contribution in [3.63, 3.8) is 0 Å². The molecule has 1 amide bonds. The van der Waals surface area contributed by atoms with Crippen LogP contribution in [0.1, 0.15) is 31.7 Å². The zero-order valence-electron chi connectivity index (χ0n) is 12.7. The summed E-state index contributed by atoms with van der Waals surface area (Å²) >= 11 is 0. The molecule has 0 aliphatic carbocycles. The summed E-state index contributed by atoms with van der Waals surface area (Å²) in [5.74, 6) is 0.186. The minimum absolute atomic E-state index is 0.0310.